The molecule has 0 fully saturated rings. The molecule has 1 aromatic heterocycles. The molecule has 194 valence electrons. The number of nitrogens with zero attached hydrogens (tertiary/aromatic N) is 2. The number of rotatable bonds is 10. The van der Waals surface area contributed by atoms with Gasteiger partial charge in [-0.05, 0) is 54.7 Å². The molecule has 12 heteroatoms. The molecule has 0 unspecified atom stereocenters. The van der Waals surface area contributed by atoms with Crippen LogP contribution in [-0.2, 0) is 14.3 Å². The van der Waals surface area contributed by atoms with E-state index in [4.69, 9.17) is 20.9 Å². The molecule has 0 saturated carbocycles. The van der Waals surface area contributed by atoms with Crippen molar-refractivity contribution < 1.29 is 28.7 Å². The summed E-state index contributed by atoms with van der Waals surface area (Å²) in [5.74, 6) is -2.29. The smallest absolute Gasteiger partial charge is 0.325 e. The van der Waals surface area contributed by atoms with Crippen LogP contribution in [0.4, 0.5) is 11.4 Å². The number of methoxy groups -OCH3 is 1. The summed E-state index contributed by atoms with van der Waals surface area (Å²) in [6.45, 7) is 3.18. The zero-order valence-corrected chi connectivity index (χ0v) is 21.3. The summed E-state index contributed by atoms with van der Waals surface area (Å²) in [5.41, 5.74) is 12.5. The Balaban J connectivity index is 2.17. The highest BCUT2D eigenvalue weighted by Gasteiger charge is 2.36. The highest BCUT2D eigenvalue weighted by Crippen LogP contribution is 2.35. The van der Waals surface area contributed by atoms with Gasteiger partial charge in [-0.2, -0.15) is 4.37 Å². The number of nitrogen functional groups attached to an aromatic ring is 1. The maximum Gasteiger partial charge on any atom is 0.325 e. The highest BCUT2D eigenvalue weighted by atomic mass is 32.1. The molecule has 1 atom stereocenters. The number of hydrogen-bond donors (Lipinski definition) is 3. The Morgan fingerprint density at radius 3 is 2.35 bits per heavy atom. The van der Waals surface area contributed by atoms with Crippen molar-refractivity contribution in [3.63, 3.8) is 0 Å². The number of amides is 3. The fourth-order valence-electron chi connectivity index (χ4n) is 3.61. The zero-order chi connectivity index (χ0) is 27.1. The molecule has 37 heavy (non-hydrogen) atoms. The lowest BCUT2D eigenvalue weighted by Gasteiger charge is -2.32. The molecule has 3 rings (SSSR count). The highest BCUT2D eigenvalue weighted by molar-refractivity contribution is 7.09. The summed E-state index contributed by atoms with van der Waals surface area (Å²) in [6, 6.07) is 12.3. The molecule has 5 N–H and O–H groups in total. The minimum atomic E-state index is -1.24. The molecule has 0 aliphatic heterocycles. The summed E-state index contributed by atoms with van der Waals surface area (Å²) < 4.78 is 14.1. The Labute approximate surface area is 217 Å². The fraction of sp³-hybridized carbons (Fsp3) is 0.240. The second-order valence-corrected chi connectivity index (χ2v) is 8.57. The van der Waals surface area contributed by atoms with Gasteiger partial charge in [0.1, 0.15) is 23.2 Å². The molecule has 2 aromatic carbocycles. The van der Waals surface area contributed by atoms with Gasteiger partial charge in [-0.3, -0.25) is 24.1 Å². The molecular formula is C25H27N5O6S. The number of nitrogens with two attached hydrogens (primary N) is 2. The first-order valence-corrected chi connectivity index (χ1v) is 12.0. The summed E-state index contributed by atoms with van der Waals surface area (Å²) in [5, 5.41) is 2.55. The fourth-order valence-corrected chi connectivity index (χ4v) is 4.35. The third-order valence-corrected chi connectivity index (χ3v) is 6.25. The van der Waals surface area contributed by atoms with Crippen LogP contribution in [0.1, 0.15) is 44.3 Å². The lowest BCUT2D eigenvalue weighted by molar-refractivity contribution is -0.143. The van der Waals surface area contributed by atoms with Crippen molar-refractivity contribution in [2.75, 3.05) is 30.9 Å². The van der Waals surface area contributed by atoms with Crippen molar-refractivity contribution in [2.45, 2.75) is 19.9 Å². The van der Waals surface area contributed by atoms with Crippen LogP contribution >= 0.6 is 11.5 Å². The van der Waals surface area contributed by atoms with Crippen LogP contribution in [0.5, 0.6) is 5.75 Å². The predicted molar refractivity (Wildman–Crippen MR) is 138 cm³/mol. The SMILES string of the molecule is CCOC(=O)CNC(=O)[C@H](c1ccc(OC)cc1)N(C(=O)c1snc(C(N)=O)c1N)c1ccccc1C. The van der Waals surface area contributed by atoms with E-state index in [0.29, 0.717) is 34.1 Å². The Bertz CT molecular complexity index is 1310. The van der Waals surface area contributed by atoms with Gasteiger partial charge >= 0.3 is 5.97 Å². The van der Waals surface area contributed by atoms with Gasteiger partial charge in [-0.1, -0.05) is 30.3 Å². The molecule has 0 aliphatic carbocycles. The van der Waals surface area contributed by atoms with E-state index in [1.807, 2.05) is 0 Å². The summed E-state index contributed by atoms with van der Waals surface area (Å²) in [6.07, 6.45) is 0. The number of benzene rings is 2. The Morgan fingerprint density at radius 1 is 1.11 bits per heavy atom. The number of hydrogen-bond acceptors (Lipinski definition) is 9. The van der Waals surface area contributed by atoms with Crippen molar-refractivity contribution in [3.05, 3.63) is 70.2 Å². The van der Waals surface area contributed by atoms with Gasteiger partial charge in [-0.25, -0.2) is 0 Å². The van der Waals surface area contributed by atoms with E-state index in [-0.39, 0.29) is 22.9 Å². The van der Waals surface area contributed by atoms with E-state index < -0.39 is 36.3 Å². The van der Waals surface area contributed by atoms with E-state index in [1.54, 1.807) is 62.4 Å². The van der Waals surface area contributed by atoms with Gasteiger partial charge in [-0.15, -0.1) is 0 Å². The van der Waals surface area contributed by atoms with Crippen LogP contribution in [0.2, 0.25) is 0 Å². The van der Waals surface area contributed by atoms with E-state index in [1.165, 1.54) is 12.0 Å². The molecule has 0 bridgehead atoms. The van der Waals surface area contributed by atoms with Crippen LogP contribution in [0.15, 0.2) is 48.5 Å². The van der Waals surface area contributed by atoms with Crippen LogP contribution in [0.3, 0.4) is 0 Å². The Morgan fingerprint density at radius 2 is 1.78 bits per heavy atom. The maximum absolute atomic E-state index is 14.0. The third kappa shape index (κ3) is 6.04. The first kappa shape index (κ1) is 27.1. The number of carbonyl (C=O) groups excluding carboxylic acids is 4. The molecule has 11 nitrogen and oxygen atoms in total. The van der Waals surface area contributed by atoms with Gasteiger partial charge in [0, 0.05) is 5.69 Å². The molecule has 3 aromatic rings. The minimum Gasteiger partial charge on any atom is -0.497 e. The lowest BCUT2D eigenvalue weighted by Crippen LogP contribution is -2.45. The average molecular weight is 526 g/mol. The number of nitrogens with one attached hydrogen (secondary N) is 1. The Kier molecular flexibility index (Phi) is 8.80. The van der Waals surface area contributed by atoms with Crippen molar-refractivity contribution in [1.82, 2.24) is 9.69 Å². The molecule has 0 saturated heterocycles. The number of ether oxygens (including phenoxy) is 2. The van der Waals surface area contributed by atoms with Crippen LogP contribution in [-0.4, -0.2) is 48.3 Å². The van der Waals surface area contributed by atoms with Crippen molar-refractivity contribution in [3.8, 4) is 5.75 Å². The summed E-state index contributed by atoms with van der Waals surface area (Å²) >= 11 is 0.704. The average Bonchev–Trinajstić information content (AvgIpc) is 3.28. The Hall–Kier alpha value is -4.45. The first-order chi connectivity index (χ1) is 17.7. The number of primary amides is 1. The standard InChI is InChI=1S/C25H27N5O6S/c1-4-36-18(31)13-28-24(33)21(15-9-11-16(35-3)12-10-15)30(17-8-6-5-7-14(17)2)25(34)22-19(26)20(23(27)32)29-37-22/h5-12,21H,4,13,26H2,1-3H3,(H2,27,32)(H,28,33)/t21-/m0/s1. The minimum absolute atomic E-state index is 0.0613. The number of para-hydroxylation sites is 1. The maximum atomic E-state index is 14.0. The number of aryl methyl sites for hydroxylation is 1. The number of anilines is 2. The monoisotopic (exact) mass is 525 g/mol. The van der Waals surface area contributed by atoms with Gasteiger partial charge in [0.05, 0.1) is 19.4 Å². The van der Waals surface area contributed by atoms with Gasteiger partial charge in [0.25, 0.3) is 11.8 Å². The quantitative estimate of drug-likeness (QED) is 0.339. The number of aromatic nitrogens is 1. The summed E-state index contributed by atoms with van der Waals surface area (Å²) in [7, 11) is 1.50. The van der Waals surface area contributed by atoms with Crippen molar-refractivity contribution in [1.29, 1.82) is 0 Å². The third-order valence-electron chi connectivity index (χ3n) is 5.40. The van der Waals surface area contributed by atoms with E-state index in [9.17, 15) is 19.2 Å². The molecule has 0 spiro atoms. The number of esters is 1. The van der Waals surface area contributed by atoms with E-state index in [0.717, 1.165) is 0 Å². The zero-order valence-electron chi connectivity index (χ0n) is 20.5. The molecular weight excluding hydrogens is 498 g/mol. The first-order valence-electron chi connectivity index (χ1n) is 11.2. The second kappa shape index (κ2) is 12.0. The normalized spacial score (nSPS) is 11.3. The van der Waals surface area contributed by atoms with E-state index >= 15 is 0 Å². The van der Waals surface area contributed by atoms with Crippen LogP contribution < -0.4 is 26.4 Å². The van der Waals surface area contributed by atoms with Gasteiger partial charge in [0.2, 0.25) is 5.91 Å². The largest absolute Gasteiger partial charge is 0.497 e. The van der Waals surface area contributed by atoms with Crippen molar-refractivity contribution >= 4 is 46.6 Å². The summed E-state index contributed by atoms with van der Waals surface area (Å²) in [4.78, 5) is 52.5. The lowest BCUT2D eigenvalue weighted by atomic mass is 10.0. The van der Waals surface area contributed by atoms with Gasteiger partial charge < -0.3 is 26.3 Å². The molecule has 0 radical (unpaired) electrons. The number of carbonyl (C=O) groups is 4. The predicted octanol–water partition coefficient (Wildman–Crippen LogP) is 2.21. The van der Waals surface area contributed by atoms with Crippen molar-refractivity contribution in [2.24, 2.45) is 5.73 Å². The van der Waals surface area contributed by atoms with Crippen LogP contribution in [0.25, 0.3) is 0 Å². The molecule has 3 amide bonds. The molecule has 0 aliphatic rings. The van der Waals surface area contributed by atoms with Gasteiger partial charge in [0.15, 0.2) is 5.69 Å². The van der Waals surface area contributed by atoms with E-state index in [2.05, 4.69) is 9.69 Å². The molecule has 1 heterocycles. The van der Waals surface area contributed by atoms with Crippen LogP contribution in [0, 0.1) is 6.92 Å². The second-order valence-electron chi connectivity index (χ2n) is 7.80. The topological polar surface area (TPSA) is 167 Å².